The van der Waals surface area contributed by atoms with Crippen molar-refractivity contribution in [3.05, 3.63) is 22.7 Å². The zero-order chi connectivity index (χ0) is 15.3. The van der Waals surface area contributed by atoms with Crippen LogP contribution in [0.2, 0.25) is 5.02 Å². The summed E-state index contributed by atoms with van der Waals surface area (Å²) in [5, 5.41) is 14.1. The van der Waals surface area contributed by atoms with Gasteiger partial charge in [0.15, 0.2) is 11.5 Å². The molecule has 0 heterocycles. The number of hydrogen-bond acceptors (Lipinski definition) is 3. The highest BCUT2D eigenvalue weighted by atomic mass is 35.5. The maximum Gasteiger partial charge on any atom is 0.162 e. The first kappa shape index (κ1) is 17.1. The van der Waals surface area contributed by atoms with E-state index in [-0.39, 0.29) is 5.75 Å². The van der Waals surface area contributed by atoms with Crippen molar-refractivity contribution in [2.75, 3.05) is 13.7 Å². The van der Waals surface area contributed by atoms with Gasteiger partial charge in [-0.15, -0.1) is 0 Å². The van der Waals surface area contributed by atoms with Crippen molar-refractivity contribution >= 4 is 11.6 Å². The van der Waals surface area contributed by atoms with Crippen LogP contribution in [0.15, 0.2) is 12.1 Å². The van der Waals surface area contributed by atoms with Crippen LogP contribution in [0.3, 0.4) is 0 Å². The van der Waals surface area contributed by atoms with Crippen molar-refractivity contribution in [3.8, 4) is 11.5 Å². The third-order valence-corrected chi connectivity index (χ3v) is 3.96. The van der Waals surface area contributed by atoms with E-state index in [1.807, 2.05) is 0 Å². The second kappa shape index (κ2) is 7.75. The van der Waals surface area contributed by atoms with Gasteiger partial charge in [-0.3, -0.25) is 0 Å². The molecule has 0 aliphatic carbocycles. The van der Waals surface area contributed by atoms with Gasteiger partial charge in [-0.2, -0.15) is 0 Å². The molecule has 0 spiro atoms. The lowest BCUT2D eigenvalue weighted by molar-refractivity contribution is 0.275. The lowest BCUT2D eigenvalue weighted by Gasteiger charge is -2.25. The largest absolute Gasteiger partial charge is 0.504 e. The van der Waals surface area contributed by atoms with E-state index in [1.54, 1.807) is 12.1 Å². The number of ether oxygens (including phenoxy) is 1. The van der Waals surface area contributed by atoms with E-state index in [1.165, 1.54) is 7.11 Å². The van der Waals surface area contributed by atoms with Crippen LogP contribution in [-0.2, 0) is 6.54 Å². The van der Waals surface area contributed by atoms with Crippen LogP contribution < -0.4 is 10.1 Å². The molecule has 1 rings (SSSR count). The summed E-state index contributed by atoms with van der Waals surface area (Å²) in [4.78, 5) is 0. The highest BCUT2D eigenvalue weighted by Gasteiger charge is 2.17. The molecule has 3 nitrogen and oxygen atoms in total. The number of phenols is 1. The summed E-state index contributed by atoms with van der Waals surface area (Å²) in [5.41, 5.74) is 0.764. The Morgan fingerprint density at radius 2 is 1.80 bits per heavy atom. The lowest BCUT2D eigenvalue weighted by atomic mass is 9.85. The topological polar surface area (TPSA) is 41.5 Å². The first-order valence-corrected chi connectivity index (χ1v) is 7.50. The smallest absolute Gasteiger partial charge is 0.162 e. The van der Waals surface area contributed by atoms with Gasteiger partial charge >= 0.3 is 0 Å². The summed E-state index contributed by atoms with van der Waals surface area (Å²) < 4.78 is 5.11. The zero-order valence-corrected chi connectivity index (χ0v) is 13.8. The van der Waals surface area contributed by atoms with E-state index in [2.05, 4.69) is 33.0 Å². The molecule has 0 aliphatic heterocycles. The minimum absolute atomic E-state index is 0.162. The maximum atomic E-state index is 10.1. The highest BCUT2D eigenvalue weighted by Crippen LogP contribution is 2.33. The standard InChI is InChI=1S/C16H26ClNO2/c1-10(2)14(11(3)4)9-18-8-12-6-13(17)7-15(20-5)16(12)19/h6-7,10-11,14,18-19H,8-9H2,1-5H3. The van der Waals surface area contributed by atoms with Crippen molar-refractivity contribution in [2.45, 2.75) is 34.2 Å². The van der Waals surface area contributed by atoms with E-state index in [4.69, 9.17) is 16.3 Å². The predicted octanol–water partition coefficient (Wildman–Crippen LogP) is 4.07. The van der Waals surface area contributed by atoms with Gasteiger partial charge in [0.1, 0.15) is 0 Å². The first-order valence-electron chi connectivity index (χ1n) is 7.12. The Balaban J connectivity index is 2.68. The Morgan fingerprint density at radius 3 is 2.30 bits per heavy atom. The van der Waals surface area contributed by atoms with Crippen LogP contribution in [0.25, 0.3) is 0 Å². The van der Waals surface area contributed by atoms with Crippen LogP contribution in [0.5, 0.6) is 11.5 Å². The number of hydrogen-bond donors (Lipinski definition) is 2. The summed E-state index contributed by atoms with van der Waals surface area (Å²) in [6.07, 6.45) is 0. The monoisotopic (exact) mass is 299 g/mol. The van der Waals surface area contributed by atoms with Gasteiger partial charge in [0, 0.05) is 23.2 Å². The van der Waals surface area contributed by atoms with Crippen molar-refractivity contribution in [1.29, 1.82) is 0 Å². The van der Waals surface area contributed by atoms with E-state index in [0.29, 0.717) is 35.1 Å². The van der Waals surface area contributed by atoms with Gasteiger partial charge in [-0.05, 0) is 30.4 Å². The van der Waals surface area contributed by atoms with Crippen molar-refractivity contribution in [1.82, 2.24) is 5.32 Å². The third-order valence-electron chi connectivity index (χ3n) is 3.75. The molecule has 0 radical (unpaired) electrons. The molecule has 0 unspecified atom stereocenters. The van der Waals surface area contributed by atoms with Crippen LogP contribution in [0.1, 0.15) is 33.3 Å². The number of aromatic hydroxyl groups is 1. The van der Waals surface area contributed by atoms with Gasteiger partial charge in [0.25, 0.3) is 0 Å². The molecule has 4 heteroatoms. The van der Waals surface area contributed by atoms with E-state index in [0.717, 1.165) is 12.1 Å². The molecular formula is C16H26ClNO2. The summed E-state index contributed by atoms with van der Waals surface area (Å²) in [6.45, 7) is 10.5. The molecule has 0 atom stereocenters. The van der Waals surface area contributed by atoms with E-state index in [9.17, 15) is 5.11 Å². The van der Waals surface area contributed by atoms with Gasteiger partial charge < -0.3 is 15.2 Å². The molecular weight excluding hydrogens is 274 g/mol. The summed E-state index contributed by atoms with van der Waals surface area (Å²) in [7, 11) is 1.52. The SMILES string of the molecule is COc1cc(Cl)cc(CNCC(C(C)C)C(C)C)c1O. The predicted molar refractivity (Wildman–Crippen MR) is 84.5 cm³/mol. The van der Waals surface area contributed by atoms with Crippen molar-refractivity contribution < 1.29 is 9.84 Å². The number of nitrogens with one attached hydrogen (secondary N) is 1. The number of methoxy groups -OCH3 is 1. The average Bonchev–Trinajstić information content (AvgIpc) is 2.36. The van der Waals surface area contributed by atoms with Crippen molar-refractivity contribution in [2.24, 2.45) is 17.8 Å². The van der Waals surface area contributed by atoms with Crippen molar-refractivity contribution in [3.63, 3.8) is 0 Å². The lowest BCUT2D eigenvalue weighted by Crippen LogP contribution is -2.29. The summed E-state index contributed by atoms with van der Waals surface area (Å²) >= 11 is 6.02. The van der Waals surface area contributed by atoms with E-state index >= 15 is 0 Å². The Hall–Kier alpha value is -0.930. The van der Waals surface area contributed by atoms with Gasteiger partial charge in [-0.1, -0.05) is 39.3 Å². The summed E-state index contributed by atoms with van der Waals surface area (Å²) in [5.74, 6) is 2.45. The number of rotatable bonds is 7. The first-order chi connectivity index (χ1) is 9.36. The molecule has 0 aromatic heterocycles. The van der Waals surface area contributed by atoms with Gasteiger partial charge in [0.05, 0.1) is 7.11 Å². The van der Waals surface area contributed by atoms with Crippen LogP contribution >= 0.6 is 11.6 Å². The molecule has 1 aromatic rings. The number of phenolic OH excluding ortho intramolecular Hbond substituents is 1. The molecule has 114 valence electrons. The molecule has 20 heavy (non-hydrogen) atoms. The molecule has 0 bridgehead atoms. The van der Waals surface area contributed by atoms with Crippen LogP contribution in [0, 0.1) is 17.8 Å². The van der Waals surface area contributed by atoms with E-state index < -0.39 is 0 Å². The second-order valence-electron chi connectivity index (χ2n) is 5.90. The average molecular weight is 300 g/mol. The molecule has 0 saturated carbocycles. The third kappa shape index (κ3) is 4.57. The maximum absolute atomic E-state index is 10.1. The normalized spacial score (nSPS) is 11.7. The van der Waals surface area contributed by atoms with Gasteiger partial charge in [0.2, 0.25) is 0 Å². The fourth-order valence-corrected chi connectivity index (χ4v) is 2.76. The van der Waals surface area contributed by atoms with Crippen LogP contribution in [-0.4, -0.2) is 18.8 Å². The zero-order valence-electron chi connectivity index (χ0n) is 13.0. The molecule has 2 N–H and O–H groups in total. The number of halogens is 1. The Morgan fingerprint density at radius 1 is 1.20 bits per heavy atom. The van der Waals surface area contributed by atoms with Crippen LogP contribution in [0.4, 0.5) is 0 Å². The Labute approximate surface area is 127 Å². The number of benzene rings is 1. The fraction of sp³-hybridized carbons (Fsp3) is 0.625. The quantitative estimate of drug-likeness (QED) is 0.797. The van der Waals surface area contributed by atoms with Gasteiger partial charge in [-0.25, -0.2) is 0 Å². The molecule has 1 aromatic carbocycles. The molecule has 0 fully saturated rings. The fourth-order valence-electron chi connectivity index (χ4n) is 2.53. The minimum Gasteiger partial charge on any atom is -0.504 e. The molecule has 0 saturated heterocycles. The molecule has 0 amide bonds. The Bertz CT molecular complexity index is 425. The Kier molecular flexibility index (Phi) is 6.63. The molecule has 0 aliphatic rings. The minimum atomic E-state index is 0.162. The second-order valence-corrected chi connectivity index (χ2v) is 6.34. The summed E-state index contributed by atoms with van der Waals surface area (Å²) in [6, 6.07) is 3.39. The highest BCUT2D eigenvalue weighted by molar-refractivity contribution is 6.30.